The van der Waals surface area contributed by atoms with Crippen molar-refractivity contribution in [3.63, 3.8) is 0 Å². The maximum atomic E-state index is 9.64. The van der Waals surface area contributed by atoms with E-state index < -0.39 is 6.23 Å². The molecule has 84 valence electrons. The van der Waals surface area contributed by atoms with E-state index in [1.165, 1.54) is 0 Å². The molecule has 16 heavy (non-hydrogen) atoms. The Kier molecular flexibility index (Phi) is 3.34. The van der Waals surface area contributed by atoms with Crippen molar-refractivity contribution in [2.45, 2.75) is 6.23 Å². The summed E-state index contributed by atoms with van der Waals surface area (Å²) >= 11 is 0. The van der Waals surface area contributed by atoms with Gasteiger partial charge in [0.2, 0.25) is 0 Å². The van der Waals surface area contributed by atoms with Crippen LogP contribution in [0.2, 0.25) is 0 Å². The van der Waals surface area contributed by atoms with Crippen LogP contribution in [0.25, 0.3) is 0 Å². The minimum Gasteiger partial charge on any atom is -0.369 e. The molecule has 1 aromatic carbocycles. The SMILES string of the molecule is NCCN1N=C(c2ccccc2)C=CC1O. The van der Waals surface area contributed by atoms with Gasteiger partial charge in [-0.25, -0.2) is 0 Å². The van der Waals surface area contributed by atoms with Gasteiger partial charge in [-0.2, -0.15) is 5.10 Å². The topological polar surface area (TPSA) is 61.8 Å². The van der Waals surface area contributed by atoms with E-state index in [2.05, 4.69) is 5.10 Å². The zero-order valence-electron chi connectivity index (χ0n) is 8.95. The summed E-state index contributed by atoms with van der Waals surface area (Å²) < 4.78 is 0. The predicted molar refractivity (Wildman–Crippen MR) is 63.9 cm³/mol. The maximum Gasteiger partial charge on any atom is 0.162 e. The molecule has 1 aliphatic rings. The highest BCUT2D eigenvalue weighted by molar-refractivity contribution is 6.08. The van der Waals surface area contributed by atoms with Gasteiger partial charge in [-0.3, -0.25) is 5.01 Å². The second-order valence-corrected chi connectivity index (χ2v) is 3.58. The van der Waals surface area contributed by atoms with E-state index in [0.29, 0.717) is 13.1 Å². The molecule has 0 saturated carbocycles. The van der Waals surface area contributed by atoms with Gasteiger partial charge in [-0.15, -0.1) is 0 Å². The smallest absolute Gasteiger partial charge is 0.162 e. The van der Waals surface area contributed by atoms with Gasteiger partial charge in [0, 0.05) is 12.1 Å². The third-order valence-electron chi connectivity index (χ3n) is 2.40. The number of aliphatic hydroxyl groups excluding tert-OH is 1. The van der Waals surface area contributed by atoms with Crippen LogP contribution in [0.1, 0.15) is 5.56 Å². The molecule has 0 spiro atoms. The standard InChI is InChI=1S/C12H15N3O/c13-8-9-15-12(16)7-6-11(14-15)10-4-2-1-3-5-10/h1-7,12,16H,8-9,13H2. The van der Waals surface area contributed by atoms with Crippen molar-refractivity contribution < 1.29 is 5.11 Å². The van der Waals surface area contributed by atoms with Gasteiger partial charge in [-0.1, -0.05) is 30.3 Å². The first-order valence-corrected chi connectivity index (χ1v) is 5.28. The molecule has 0 aromatic heterocycles. The van der Waals surface area contributed by atoms with Crippen molar-refractivity contribution in [1.29, 1.82) is 0 Å². The van der Waals surface area contributed by atoms with Crippen LogP contribution in [0.5, 0.6) is 0 Å². The first kappa shape index (κ1) is 10.9. The normalized spacial score (nSPS) is 19.8. The Hall–Kier alpha value is -1.65. The fourth-order valence-electron chi connectivity index (χ4n) is 1.58. The summed E-state index contributed by atoms with van der Waals surface area (Å²) in [5, 5.41) is 15.6. The van der Waals surface area contributed by atoms with Gasteiger partial charge in [0.25, 0.3) is 0 Å². The Balaban J connectivity index is 2.23. The fourth-order valence-corrected chi connectivity index (χ4v) is 1.58. The highest BCUT2D eigenvalue weighted by Crippen LogP contribution is 2.11. The largest absolute Gasteiger partial charge is 0.369 e. The molecule has 0 amide bonds. The number of benzene rings is 1. The summed E-state index contributed by atoms with van der Waals surface area (Å²) in [6, 6.07) is 9.86. The zero-order valence-corrected chi connectivity index (χ0v) is 8.95. The van der Waals surface area contributed by atoms with E-state index in [-0.39, 0.29) is 0 Å². The number of nitrogens with zero attached hydrogens (tertiary/aromatic N) is 2. The second-order valence-electron chi connectivity index (χ2n) is 3.58. The molecular weight excluding hydrogens is 202 g/mol. The van der Waals surface area contributed by atoms with Crippen LogP contribution in [0, 0.1) is 0 Å². The maximum absolute atomic E-state index is 9.64. The van der Waals surface area contributed by atoms with Crippen molar-refractivity contribution in [1.82, 2.24) is 5.01 Å². The number of hydrazone groups is 1. The third kappa shape index (κ3) is 2.29. The van der Waals surface area contributed by atoms with Crippen molar-refractivity contribution in [3.05, 3.63) is 48.0 Å². The average Bonchev–Trinajstić information content (AvgIpc) is 2.33. The molecule has 3 N–H and O–H groups in total. The first-order chi connectivity index (χ1) is 7.81. The average molecular weight is 217 g/mol. The molecule has 1 heterocycles. The lowest BCUT2D eigenvalue weighted by molar-refractivity contribution is 0.0444. The minimum absolute atomic E-state index is 0.469. The second kappa shape index (κ2) is 4.92. The monoisotopic (exact) mass is 217 g/mol. The Morgan fingerprint density at radius 1 is 1.31 bits per heavy atom. The highest BCUT2D eigenvalue weighted by atomic mass is 16.3. The summed E-state index contributed by atoms with van der Waals surface area (Å²) in [6.07, 6.45) is 2.87. The van der Waals surface area contributed by atoms with Gasteiger partial charge in [-0.05, 0) is 12.2 Å². The van der Waals surface area contributed by atoms with Crippen molar-refractivity contribution in [2.24, 2.45) is 10.8 Å². The van der Waals surface area contributed by atoms with Gasteiger partial charge < -0.3 is 10.8 Å². The highest BCUT2D eigenvalue weighted by Gasteiger charge is 2.15. The van der Waals surface area contributed by atoms with Gasteiger partial charge in [0.15, 0.2) is 6.23 Å². The number of hydrogen-bond donors (Lipinski definition) is 2. The molecular formula is C12H15N3O. The fraction of sp³-hybridized carbons (Fsp3) is 0.250. The van der Waals surface area contributed by atoms with Crippen LogP contribution in [0.3, 0.4) is 0 Å². The number of aliphatic hydroxyl groups is 1. The Morgan fingerprint density at radius 2 is 2.06 bits per heavy atom. The summed E-state index contributed by atoms with van der Waals surface area (Å²) in [5.74, 6) is 0. The number of hydrogen-bond acceptors (Lipinski definition) is 4. The van der Waals surface area contributed by atoms with Crippen LogP contribution in [-0.4, -0.2) is 35.1 Å². The molecule has 4 nitrogen and oxygen atoms in total. The molecule has 0 aliphatic carbocycles. The van der Waals surface area contributed by atoms with E-state index in [4.69, 9.17) is 5.73 Å². The van der Waals surface area contributed by atoms with E-state index in [9.17, 15) is 5.11 Å². The summed E-state index contributed by atoms with van der Waals surface area (Å²) in [6.45, 7) is 1.01. The van der Waals surface area contributed by atoms with Crippen molar-refractivity contribution >= 4 is 5.71 Å². The molecule has 1 unspecified atom stereocenters. The Labute approximate surface area is 94.7 Å². The lowest BCUT2D eigenvalue weighted by Crippen LogP contribution is -2.36. The van der Waals surface area contributed by atoms with Crippen LogP contribution in [-0.2, 0) is 0 Å². The van der Waals surface area contributed by atoms with Gasteiger partial charge >= 0.3 is 0 Å². The Bertz CT molecular complexity index is 400. The Morgan fingerprint density at radius 3 is 2.75 bits per heavy atom. The summed E-state index contributed by atoms with van der Waals surface area (Å²) in [4.78, 5) is 0. The van der Waals surface area contributed by atoms with E-state index in [1.807, 2.05) is 36.4 Å². The minimum atomic E-state index is -0.670. The summed E-state index contributed by atoms with van der Waals surface area (Å²) in [7, 11) is 0. The zero-order chi connectivity index (χ0) is 11.4. The number of nitrogens with two attached hydrogens (primary N) is 1. The molecule has 0 saturated heterocycles. The molecule has 1 aliphatic heterocycles. The first-order valence-electron chi connectivity index (χ1n) is 5.28. The quantitative estimate of drug-likeness (QED) is 0.776. The molecule has 4 heteroatoms. The molecule has 1 aromatic rings. The molecule has 0 radical (unpaired) electrons. The van der Waals surface area contributed by atoms with Crippen molar-refractivity contribution in [3.8, 4) is 0 Å². The third-order valence-corrected chi connectivity index (χ3v) is 2.40. The van der Waals surface area contributed by atoms with E-state index >= 15 is 0 Å². The predicted octanol–water partition coefficient (Wildman–Crippen LogP) is 0.540. The van der Waals surface area contributed by atoms with Crippen molar-refractivity contribution in [2.75, 3.05) is 13.1 Å². The molecule has 0 bridgehead atoms. The molecule has 0 fully saturated rings. The van der Waals surface area contributed by atoms with Crippen LogP contribution < -0.4 is 5.73 Å². The number of rotatable bonds is 3. The number of allylic oxidation sites excluding steroid dienone is 1. The summed E-state index contributed by atoms with van der Waals surface area (Å²) in [5.41, 5.74) is 7.34. The lowest BCUT2D eigenvalue weighted by Gasteiger charge is -2.26. The van der Waals surface area contributed by atoms with E-state index in [1.54, 1.807) is 11.1 Å². The van der Waals surface area contributed by atoms with Crippen LogP contribution >= 0.6 is 0 Å². The lowest BCUT2D eigenvalue weighted by atomic mass is 10.1. The van der Waals surface area contributed by atoms with Crippen LogP contribution in [0.15, 0.2) is 47.6 Å². The van der Waals surface area contributed by atoms with E-state index in [0.717, 1.165) is 11.3 Å². The molecule has 1 atom stereocenters. The van der Waals surface area contributed by atoms with Crippen LogP contribution in [0.4, 0.5) is 0 Å². The van der Waals surface area contributed by atoms with Gasteiger partial charge in [0.05, 0.1) is 12.3 Å². The van der Waals surface area contributed by atoms with Gasteiger partial charge in [0.1, 0.15) is 0 Å². The molecule has 2 rings (SSSR count).